The van der Waals surface area contributed by atoms with Crippen molar-refractivity contribution in [1.82, 2.24) is 4.57 Å². The monoisotopic (exact) mass is 169 g/mol. The fourth-order valence-electron chi connectivity index (χ4n) is 1.37. The predicted molar refractivity (Wildman–Crippen MR) is 46.6 cm³/mol. The molecule has 0 saturated carbocycles. The number of imidazole rings is 1. The van der Waals surface area contributed by atoms with Gasteiger partial charge in [0.15, 0.2) is 0 Å². The van der Waals surface area contributed by atoms with Crippen molar-refractivity contribution in [2.45, 2.75) is 19.3 Å². The zero-order valence-corrected chi connectivity index (χ0v) is 7.82. The first kappa shape index (κ1) is 9.26. The molecule has 0 fully saturated rings. The van der Waals surface area contributed by atoms with Crippen LogP contribution in [0, 0.1) is 0 Å². The van der Waals surface area contributed by atoms with Gasteiger partial charge in [0.25, 0.3) is 0 Å². The molecular weight excluding hydrogens is 152 g/mol. The number of hydrogen-bond acceptors (Lipinski definition) is 1. The summed E-state index contributed by atoms with van der Waals surface area (Å²) < 4.78 is 4.17. The van der Waals surface area contributed by atoms with E-state index in [-0.39, 0.29) is 0 Å². The Morgan fingerprint density at radius 1 is 1.50 bits per heavy atom. The van der Waals surface area contributed by atoms with Crippen molar-refractivity contribution < 1.29 is 9.67 Å². The van der Waals surface area contributed by atoms with Crippen molar-refractivity contribution in [2.75, 3.05) is 6.61 Å². The van der Waals surface area contributed by atoms with E-state index in [1.54, 1.807) is 0 Å². The van der Waals surface area contributed by atoms with Crippen LogP contribution in [0.15, 0.2) is 12.5 Å². The third kappa shape index (κ3) is 2.34. The van der Waals surface area contributed by atoms with Gasteiger partial charge in [-0.2, -0.15) is 0 Å². The van der Waals surface area contributed by atoms with Crippen molar-refractivity contribution in [3.05, 3.63) is 18.2 Å². The standard InChI is InChI=1S/C9H17N2O/c1-10-7-9(11(2)8-10)5-3-4-6-12/h7-8,12H,3-6H2,1-2H3/q+1. The van der Waals surface area contributed by atoms with Gasteiger partial charge in [-0.3, -0.25) is 0 Å². The molecule has 0 unspecified atom stereocenters. The highest BCUT2D eigenvalue weighted by molar-refractivity contribution is 4.87. The maximum Gasteiger partial charge on any atom is 0.243 e. The van der Waals surface area contributed by atoms with Gasteiger partial charge < -0.3 is 5.11 Å². The van der Waals surface area contributed by atoms with Crippen LogP contribution < -0.4 is 4.57 Å². The van der Waals surface area contributed by atoms with Gasteiger partial charge in [0.1, 0.15) is 11.9 Å². The SMILES string of the molecule is Cn1cc(CCCCO)[n+](C)c1. The van der Waals surface area contributed by atoms with Gasteiger partial charge in [-0.15, -0.1) is 0 Å². The molecule has 0 radical (unpaired) electrons. The molecular formula is C9H17N2O+. The smallest absolute Gasteiger partial charge is 0.243 e. The van der Waals surface area contributed by atoms with Crippen LogP contribution in [0.25, 0.3) is 0 Å². The lowest BCUT2D eigenvalue weighted by molar-refractivity contribution is -0.678. The molecule has 12 heavy (non-hydrogen) atoms. The van der Waals surface area contributed by atoms with Crippen LogP contribution in [0.1, 0.15) is 18.5 Å². The van der Waals surface area contributed by atoms with Gasteiger partial charge in [-0.1, -0.05) is 0 Å². The second-order valence-corrected chi connectivity index (χ2v) is 3.19. The number of rotatable bonds is 4. The third-order valence-corrected chi connectivity index (χ3v) is 2.00. The number of aliphatic hydroxyl groups excluding tert-OH is 1. The summed E-state index contributed by atoms with van der Waals surface area (Å²) in [5.41, 5.74) is 1.32. The van der Waals surface area contributed by atoms with E-state index in [1.165, 1.54) is 5.69 Å². The van der Waals surface area contributed by atoms with E-state index in [0.717, 1.165) is 19.3 Å². The molecule has 0 aliphatic heterocycles. The first-order valence-corrected chi connectivity index (χ1v) is 4.35. The summed E-state index contributed by atoms with van der Waals surface area (Å²) in [6.45, 7) is 0.302. The summed E-state index contributed by atoms with van der Waals surface area (Å²) in [6.07, 6.45) is 7.19. The Hall–Kier alpha value is -0.830. The summed E-state index contributed by atoms with van der Waals surface area (Å²) in [5, 5.41) is 8.61. The molecule has 68 valence electrons. The number of unbranched alkanes of at least 4 members (excludes halogenated alkanes) is 1. The fraction of sp³-hybridized carbons (Fsp3) is 0.667. The minimum absolute atomic E-state index is 0.302. The molecule has 0 aromatic carbocycles. The van der Waals surface area contributed by atoms with E-state index in [0.29, 0.717) is 6.61 Å². The third-order valence-electron chi connectivity index (χ3n) is 2.00. The van der Waals surface area contributed by atoms with Crippen molar-refractivity contribution >= 4 is 0 Å². The van der Waals surface area contributed by atoms with E-state index in [9.17, 15) is 0 Å². The van der Waals surface area contributed by atoms with Crippen LogP contribution in [0.4, 0.5) is 0 Å². The first-order valence-electron chi connectivity index (χ1n) is 4.35. The summed E-state index contributed by atoms with van der Waals surface area (Å²) in [7, 11) is 4.07. The molecule has 0 atom stereocenters. The maximum absolute atomic E-state index is 8.61. The van der Waals surface area contributed by atoms with Crippen LogP contribution in [0.2, 0.25) is 0 Å². The highest BCUT2D eigenvalue weighted by atomic mass is 16.2. The molecule has 1 heterocycles. The van der Waals surface area contributed by atoms with E-state index < -0.39 is 0 Å². The van der Waals surface area contributed by atoms with E-state index in [1.807, 2.05) is 25.0 Å². The molecule has 0 amide bonds. The maximum atomic E-state index is 8.61. The van der Waals surface area contributed by atoms with Crippen molar-refractivity contribution in [1.29, 1.82) is 0 Å². The average molecular weight is 169 g/mol. The molecule has 0 saturated heterocycles. The van der Waals surface area contributed by atoms with Crippen molar-refractivity contribution in [3.63, 3.8) is 0 Å². The van der Waals surface area contributed by atoms with Gasteiger partial charge in [-0.25, -0.2) is 9.13 Å². The number of nitrogens with zero attached hydrogens (tertiary/aromatic N) is 2. The predicted octanol–water partition coefficient (Wildman–Crippen LogP) is 0.165. The quantitative estimate of drug-likeness (QED) is 0.505. The second kappa shape index (κ2) is 4.26. The van der Waals surface area contributed by atoms with Crippen LogP contribution >= 0.6 is 0 Å². The van der Waals surface area contributed by atoms with E-state index in [2.05, 4.69) is 10.8 Å². The number of aryl methyl sites for hydroxylation is 3. The lowest BCUT2D eigenvalue weighted by Crippen LogP contribution is -2.30. The molecule has 1 rings (SSSR count). The Morgan fingerprint density at radius 3 is 2.75 bits per heavy atom. The van der Waals surface area contributed by atoms with Crippen LogP contribution in [0.5, 0.6) is 0 Å². The first-order chi connectivity index (χ1) is 5.74. The largest absolute Gasteiger partial charge is 0.396 e. The number of aromatic nitrogens is 2. The zero-order chi connectivity index (χ0) is 8.97. The highest BCUT2D eigenvalue weighted by Crippen LogP contribution is 1.98. The Balaban J connectivity index is 2.45. The summed E-state index contributed by atoms with van der Waals surface area (Å²) in [4.78, 5) is 0. The molecule has 3 nitrogen and oxygen atoms in total. The van der Waals surface area contributed by atoms with Gasteiger partial charge in [0.2, 0.25) is 6.33 Å². The fourth-order valence-corrected chi connectivity index (χ4v) is 1.37. The summed E-state index contributed by atoms with van der Waals surface area (Å²) in [6, 6.07) is 0. The van der Waals surface area contributed by atoms with E-state index in [4.69, 9.17) is 5.11 Å². The van der Waals surface area contributed by atoms with E-state index >= 15 is 0 Å². The Labute approximate surface area is 73.3 Å². The highest BCUT2D eigenvalue weighted by Gasteiger charge is 2.05. The Bertz CT molecular complexity index is 243. The van der Waals surface area contributed by atoms with Gasteiger partial charge >= 0.3 is 0 Å². The molecule has 3 heteroatoms. The van der Waals surface area contributed by atoms with Gasteiger partial charge in [0.05, 0.1) is 14.1 Å². The minimum Gasteiger partial charge on any atom is -0.396 e. The number of aliphatic hydroxyl groups is 1. The van der Waals surface area contributed by atoms with Gasteiger partial charge in [0, 0.05) is 13.0 Å². The average Bonchev–Trinajstić information content (AvgIpc) is 2.31. The summed E-state index contributed by atoms with van der Waals surface area (Å²) >= 11 is 0. The number of hydrogen-bond donors (Lipinski definition) is 1. The van der Waals surface area contributed by atoms with Crippen LogP contribution in [0.3, 0.4) is 0 Å². The minimum atomic E-state index is 0.302. The molecule has 1 aromatic rings. The molecule has 1 aromatic heterocycles. The van der Waals surface area contributed by atoms with Crippen molar-refractivity contribution in [2.24, 2.45) is 14.1 Å². The van der Waals surface area contributed by atoms with Crippen molar-refractivity contribution in [3.8, 4) is 0 Å². The second-order valence-electron chi connectivity index (χ2n) is 3.19. The zero-order valence-electron chi connectivity index (χ0n) is 7.82. The normalized spacial score (nSPS) is 10.6. The van der Waals surface area contributed by atoms with Crippen LogP contribution in [-0.2, 0) is 20.5 Å². The molecule has 0 aliphatic rings. The Morgan fingerprint density at radius 2 is 2.25 bits per heavy atom. The summed E-state index contributed by atoms with van der Waals surface area (Å²) in [5.74, 6) is 0. The lowest BCUT2D eigenvalue weighted by atomic mass is 10.2. The molecule has 1 N–H and O–H groups in total. The molecule has 0 aliphatic carbocycles. The molecule has 0 spiro atoms. The molecule has 0 bridgehead atoms. The Kier molecular flexibility index (Phi) is 3.29. The van der Waals surface area contributed by atoms with Crippen LogP contribution in [-0.4, -0.2) is 16.3 Å². The lowest BCUT2D eigenvalue weighted by Gasteiger charge is -1.94. The topological polar surface area (TPSA) is 29.0 Å². The van der Waals surface area contributed by atoms with Gasteiger partial charge in [-0.05, 0) is 12.8 Å².